The van der Waals surface area contributed by atoms with E-state index in [4.69, 9.17) is 9.51 Å². The maximum atomic E-state index is 5.70. The van der Waals surface area contributed by atoms with Crippen molar-refractivity contribution in [3.8, 4) is 22.5 Å². The van der Waals surface area contributed by atoms with Gasteiger partial charge in [-0.15, -0.1) is 0 Å². The third-order valence-electron chi connectivity index (χ3n) is 5.59. The van der Waals surface area contributed by atoms with Crippen LogP contribution in [0.15, 0.2) is 108 Å². The van der Waals surface area contributed by atoms with E-state index in [0.717, 1.165) is 39.8 Å². The number of aromatic nitrogens is 2. The molecule has 0 radical (unpaired) electrons. The smallest absolute Gasteiger partial charge is 0.190 e. The van der Waals surface area contributed by atoms with Crippen molar-refractivity contribution >= 4 is 23.0 Å². The molecule has 0 unspecified atom stereocenters. The average Bonchev–Trinajstić information content (AvgIpc) is 3.24. The number of hydrogen-bond acceptors (Lipinski definition) is 5. The van der Waals surface area contributed by atoms with Crippen LogP contribution >= 0.6 is 0 Å². The maximum absolute atomic E-state index is 5.70. The highest BCUT2D eigenvalue weighted by molar-refractivity contribution is 5.79. The fraction of sp³-hybridized carbons (Fsp3) is 0.0714. The topological polar surface area (TPSA) is 54.2 Å². The van der Waals surface area contributed by atoms with E-state index >= 15 is 0 Å². The van der Waals surface area contributed by atoms with Gasteiger partial charge in [-0.2, -0.15) is 0 Å². The zero-order valence-corrected chi connectivity index (χ0v) is 18.6. The summed E-state index contributed by atoms with van der Waals surface area (Å²) in [5.74, 6) is 2.26. The van der Waals surface area contributed by atoms with Crippen LogP contribution in [0.1, 0.15) is 5.69 Å². The van der Waals surface area contributed by atoms with Crippen LogP contribution in [0.5, 0.6) is 0 Å². The summed E-state index contributed by atoms with van der Waals surface area (Å²) in [6.45, 7) is 1.92. The fourth-order valence-electron chi connectivity index (χ4n) is 3.75. The number of anilines is 4. The number of para-hydroxylation sites is 1. The van der Waals surface area contributed by atoms with Gasteiger partial charge in [-0.3, -0.25) is 0 Å². The van der Waals surface area contributed by atoms with Crippen molar-refractivity contribution in [3.63, 3.8) is 0 Å². The summed E-state index contributed by atoms with van der Waals surface area (Å²) in [6, 6.07) is 34.7. The van der Waals surface area contributed by atoms with Crippen LogP contribution in [0.4, 0.5) is 23.0 Å². The first-order valence-corrected chi connectivity index (χ1v) is 10.8. The first kappa shape index (κ1) is 20.5. The molecule has 0 aliphatic rings. The van der Waals surface area contributed by atoms with E-state index in [9.17, 15) is 0 Å². The Bertz CT molecular complexity index is 1350. The quantitative estimate of drug-likeness (QED) is 0.307. The van der Waals surface area contributed by atoms with Gasteiger partial charge in [0.05, 0.1) is 0 Å². The van der Waals surface area contributed by atoms with E-state index in [0.29, 0.717) is 5.76 Å². The normalized spacial score (nSPS) is 10.7. The standard InChI is InChI=1S/C28H24N4O/c1-20-27(30-25-14-9-15-26(29-25)32(2)24-12-7-4-8-13-24)28(33-31-20)23-18-16-22(17-19-23)21-10-5-3-6-11-21/h3-19H,1-2H3,(H,29,30). The molecule has 5 aromatic rings. The van der Waals surface area contributed by atoms with E-state index in [1.165, 1.54) is 5.56 Å². The van der Waals surface area contributed by atoms with Crippen LogP contribution in [-0.2, 0) is 0 Å². The van der Waals surface area contributed by atoms with Gasteiger partial charge in [-0.05, 0) is 42.3 Å². The number of nitrogens with one attached hydrogen (secondary N) is 1. The number of benzene rings is 3. The zero-order chi connectivity index (χ0) is 22.6. The predicted octanol–water partition coefficient (Wildman–Crippen LogP) is 7.22. The SMILES string of the molecule is Cc1noc(-c2ccc(-c3ccccc3)cc2)c1Nc1cccc(N(C)c2ccccc2)n1. The second-order valence-corrected chi connectivity index (χ2v) is 7.82. The number of aryl methyl sites for hydroxylation is 1. The molecule has 0 aliphatic carbocycles. The molecule has 0 aliphatic heterocycles. The second-order valence-electron chi connectivity index (χ2n) is 7.82. The van der Waals surface area contributed by atoms with Crippen molar-refractivity contribution in [1.29, 1.82) is 0 Å². The summed E-state index contributed by atoms with van der Waals surface area (Å²) < 4.78 is 5.70. The number of nitrogens with zero attached hydrogens (tertiary/aromatic N) is 3. The number of hydrogen-bond donors (Lipinski definition) is 1. The second kappa shape index (κ2) is 9.01. The molecule has 5 rings (SSSR count). The van der Waals surface area contributed by atoms with Gasteiger partial charge in [-0.25, -0.2) is 4.98 Å². The summed E-state index contributed by atoms with van der Waals surface area (Å²) in [6.07, 6.45) is 0. The van der Waals surface area contributed by atoms with Crippen LogP contribution in [0, 0.1) is 6.92 Å². The Hall–Kier alpha value is -4.38. The van der Waals surface area contributed by atoms with Gasteiger partial charge in [0.1, 0.15) is 23.0 Å². The van der Waals surface area contributed by atoms with Crippen molar-refractivity contribution in [2.24, 2.45) is 0 Å². The summed E-state index contributed by atoms with van der Waals surface area (Å²) in [5.41, 5.74) is 5.95. The van der Waals surface area contributed by atoms with Crippen LogP contribution in [0.25, 0.3) is 22.5 Å². The van der Waals surface area contributed by atoms with E-state index in [1.54, 1.807) is 0 Å². The van der Waals surface area contributed by atoms with Crippen molar-refractivity contribution in [3.05, 3.63) is 109 Å². The molecule has 1 N–H and O–H groups in total. The Morgan fingerprint density at radius 2 is 1.33 bits per heavy atom. The molecule has 33 heavy (non-hydrogen) atoms. The first-order valence-electron chi connectivity index (χ1n) is 10.8. The lowest BCUT2D eigenvalue weighted by Gasteiger charge is -2.19. The molecule has 5 heteroatoms. The third kappa shape index (κ3) is 4.34. The molecule has 0 atom stereocenters. The monoisotopic (exact) mass is 432 g/mol. The summed E-state index contributed by atoms with van der Waals surface area (Å²) in [5, 5.41) is 7.62. The molecule has 2 heterocycles. The van der Waals surface area contributed by atoms with Gasteiger partial charge in [0, 0.05) is 18.3 Å². The largest absolute Gasteiger partial charge is 0.354 e. The average molecular weight is 433 g/mol. The highest BCUT2D eigenvalue weighted by atomic mass is 16.5. The predicted molar refractivity (Wildman–Crippen MR) is 134 cm³/mol. The Kier molecular flexibility index (Phi) is 5.60. The Morgan fingerprint density at radius 3 is 2.06 bits per heavy atom. The van der Waals surface area contributed by atoms with Gasteiger partial charge >= 0.3 is 0 Å². The van der Waals surface area contributed by atoms with Gasteiger partial charge < -0.3 is 14.7 Å². The lowest BCUT2D eigenvalue weighted by atomic mass is 10.0. The molecule has 0 fully saturated rings. The molecule has 162 valence electrons. The Labute approximate surface area is 193 Å². The van der Waals surface area contributed by atoms with E-state index in [2.05, 4.69) is 63.9 Å². The molecule has 2 aromatic heterocycles. The molecule has 0 saturated carbocycles. The van der Waals surface area contributed by atoms with Crippen molar-refractivity contribution in [2.45, 2.75) is 6.92 Å². The van der Waals surface area contributed by atoms with Gasteiger partial charge in [0.2, 0.25) is 0 Å². The number of pyridine rings is 1. The van der Waals surface area contributed by atoms with Crippen molar-refractivity contribution in [2.75, 3.05) is 17.3 Å². The molecule has 0 bridgehead atoms. The highest BCUT2D eigenvalue weighted by Crippen LogP contribution is 2.34. The van der Waals surface area contributed by atoms with Gasteiger partial charge in [0.15, 0.2) is 5.76 Å². The summed E-state index contributed by atoms with van der Waals surface area (Å²) in [7, 11) is 2.01. The lowest BCUT2D eigenvalue weighted by molar-refractivity contribution is 0.427. The van der Waals surface area contributed by atoms with Crippen molar-refractivity contribution < 1.29 is 4.52 Å². The summed E-state index contributed by atoms with van der Waals surface area (Å²) in [4.78, 5) is 6.85. The number of rotatable bonds is 6. The van der Waals surface area contributed by atoms with Crippen LogP contribution in [0.2, 0.25) is 0 Å². The molecule has 3 aromatic carbocycles. The highest BCUT2D eigenvalue weighted by Gasteiger charge is 2.16. The van der Waals surface area contributed by atoms with E-state index in [-0.39, 0.29) is 0 Å². The van der Waals surface area contributed by atoms with Crippen LogP contribution in [-0.4, -0.2) is 17.2 Å². The van der Waals surface area contributed by atoms with Crippen molar-refractivity contribution in [1.82, 2.24) is 10.1 Å². The molecule has 5 nitrogen and oxygen atoms in total. The zero-order valence-electron chi connectivity index (χ0n) is 18.6. The minimum absolute atomic E-state index is 0.690. The minimum atomic E-state index is 0.690. The molecular weight excluding hydrogens is 408 g/mol. The van der Waals surface area contributed by atoms with E-state index < -0.39 is 0 Å². The molecular formula is C28H24N4O. The van der Waals surface area contributed by atoms with Crippen LogP contribution in [0.3, 0.4) is 0 Å². The maximum Gasteiger partial charge on any atom is 0.190 e. The van der Waals surface area contributed by atoms with Crippen LogP contribution < -0.4 is 10.2 Å². The van der Waals surface area contributed by atoms with Gasteiger partial charge in [-0.1, -0.05) is 84.0 Å². The molecule has 0 spiro atoms. The third-order valence-corrected chi connectivity index (χ3v) is 5.59. The van der Waals surface area contributed by atoms with E-state index in [1.807, 2.05) is 68.6 Å². The minimum Gasteiger partial charge on any atom is -0.354 e. The lowest BCUT2D eigenvalue weighted by Crippen LogP contribution is -2.11. The Balaban J connectivity index is 1.42. The molecule has 0 saturated heterocycles. The summed E-state index contributed by atoms with van der Waals surface area (Å²) >= 11 is 0. The van der Waals surface area contributed by atoms with Gasteiger partial charge in [0.25, 0.3) is 0 Å². The first-order chi connectivity index (χ1) is 16.2. The molecule has 0 amide bonds. The Morgan fingerprint density at radius 1 is 0.697 bits per heavy atom. The fourth-order valence-corrected chi connectivity index (χ4v) is 3.75.